The summed E-state index contributed by atoms with van der Waals surface area (Å²) in [5.41, 5.74) is 7.51. The maximum Gasteiger partial charge on any atom is 0.269 e. The number of anilines is 1. The van der Waals surface area contributed by atoms with E-state index in [2.05, 4.69) is 4.98 Å². The van der Waals surface area contributed by atoms with Crippen LogP contribution in [0, 0.1) is 10.1 Å². The lowest BCUT2D eigenvalue weighted by molar-refractivity contribution is -0.384. The van der Waals surface area contributed by atoms with Gasteiger partial charge in [0.2, 0.25) is 5.95 Å². The van der Waals surface area contributed by atoms with Crippen LogP contribution in [0.4, 0.5) is 11.6 Å². The van der Waals surface area contributed by atoms with Crippen LogP contribution in [-0.4, -0.2) is 14.5 Å². The minimum absolute atomic E-state index is 0.0734. The summed E-state index contributed by atoms with van der Waals surface area (Å²) in [7, 11) is 0. The number of hydrogen-bond acceptors (Lipinski definition) is 4. The Labute approximate surface area is 97.9 Å². The average molecular weight is 232 g/mol. The van der Waals surface area contributed by atoms with E-state index >= 15 is 0 Å². The third-order valence-corrected chi connectivity index (χ3v) is 2.58. The highest BCUT2D eigenvalue weighted by atomic mass is 16.6. The Hall–Kier alpha value is -2.37. The first-order chi connectivity index (χ1) is 8.13. The Kier molecular flexibility index (Phi) is 2.78. The Bertz CT molecular complexity index is 545. The summed E-state index contributed by atoms with van der Waals surface area (Å²) in [6.07, 6.45) is 1.67. The highest BCUT2D eigenvalue weighted by Gasteiger charge is 2.10. The van der Waals surface area contributed by atoms with Crippen molar-refractivity contribution in [1.82, 2.24) is 9.55 Å². The molecule has 0 radical (unpaired) electrons. The Balaban J connectivity index is 2.43. The topological polar surface area (TPSA) is 87.0 Å². The molecule has 0 saturated carbocycles. The van der Waals surface area contributed by atoms with Gasteiger partial charge in [-0.3, -0.25) is 10.1 Å². The van der Waals surface area contributed by atoms with Crippen LogP contribution in [0.5, 0.6) is 0 Å². The predicted molar refractivity (Wildman–Crippen MR) is 64.4 cm³/mol. The van der Waals surface area contributed by atoms with Gasteiger partial charge in [0.25, 0.3) is 5.69 Å². The normalized spacial score (nSPS) is 10.4. The average Bonchev–Trinajstić information content (AvgIpc) is 2.70. The number of nitrogen functional groups attached to an aromatic ring is 1. The molecule has 0 unspecified atom stereocenters. The van der Waals surface area contributed by atoms with Crippen molar-refractivity contribution in [3.63, 3.8) is 0 Å². The zero-order chi connectivity index (χ0) is 12.4. The number of benzene rings is 1. The summed E-state index contributed by atoms with van der Waals surface area (Å²) in [5, 5.41) is 10.5. The molecule has 17 heavy (non-hydrogen) atoms. The second-order valence-corrected chi connectivity index (χ2v) is 3.55. The van der Waals surface area contributed by atoms with Crippen molar-refractivity contribution in [2.45, 2.75) is 13.5 Å². The minimum atomic E-state index is -0.421. The fourth-order valence-corrected chi connectivity index (χ4v) is 1.71. The third-order valence-electron chi connectivity index (χ3n) is 2.58. The van der Waals surface area contributed by atoms with Gasteiger partial charge in [-0.25, -0.2) is 4.98 Å². The third kappa shape index (κ3) is 1.96. The van der Waals surface area contributed by atoms with Gasteiger partial charge in [-0.2, -0.15) is 0 Å². The fraction of sp³-hybridized carbons (Fsp3) is 0.182. The molecule has 0 aliphatic carbocycles. The molecule has 0 amide bonds. The van der Waals surface area contributed by atoms with Crippen LogP contribution in [-0.2, 0) is 6.54 Å². The molecule has 6 nitrogen and oxygen atoms in total. The van der Waals surface area contributed by atoms with Gasteiger partial charge in [0, 0.05) is 24.2 Å². The van der Waals surface area contributed by atoms with Crippen LogP contribution in [0.15, 0.2) is 30.5 Å². The molecule has 0 saturated heterocycles. The van der Waals surface area contributed by atoms with E-state index in [1.807, 2.05) is 11.5 Å². The van der Waals surface area contributed by atoms with E-state index in [0.29, 0.717) is 12.5 Å². The SMILES string of the molecule is CCn1c(-c2ccc([N+](=O)[O-])cc2)cnc1N. The van der Waals surface area contributed by atoms with E-state index in [4.69, 9.17) is 5.73 Å². The van der Waals surface area contributed by atoms with Gasteiger partial charge in [0.05, 0.1) is 16.8 Å². The van der Waals surface area contributed by atoms with Crippen molar-refractivity contribution in [2.24, 2.45) is 0 Å². The van der Waals surface area contributed by atoms with Gasteiger partial charge in [-0.1, -0.05) is 0 Å². The van der Waals surface area contributed by atoms with E-state index in [1.54, 1.807) is 18.3 Å². The molecule has 0 spiro atoms. The number of nitro groups is 1. The Morgan fingerprint density at radius 2 is 2.06 bits per heavy atom. The van der Waals surface area contributed by atoms with Crippen LogP contribution in [0.1, 0.15) is 6.92 Å². The number of non-ortho nitro benzene ring substituents is 1. The van der Waals surface area contributed by atoms with Crippen molar-refractivity contribution < 1.29 is 4.92 Å². The van der Waals surface area contributed by atoms with Crippen LogP contribution < -0.4 is 5.73 Å². The molecular formula is C11H12N4O2. The van der Waals surface area contributed by atoms with E-state index < -0.39 is 4.92 Å². The van der Waals surface area contributed by atoms with Gasteiger partial charge in [-0.15, -0.1) is 0 Å². The summed E-state index contributed by atoms with van der Waals surface area (Å²) >= 11 is 0. The highest BCUT2D eigenvalue weighted by molar-refractivity contribution is 5.62. The Morgan fingerprint density at radius 3 is 2.59 bits per heavy atom. The molecule has 1 aromatic heterocycles. The summed E-state index contributed by atoms with van der Waals surface area (Å²) in [6, 6.07) is 6.33. The molecule has 1 aromatic carbocycles. The maximum absolute atomic E-state index is 10.5. The monoisotopic (exact) mass is 232 g/mol. The highest BCUT2D eigenvalue weighted by Crippen LogP contribution is 2.24. The van der Waals surface area contributed by atoms with E-state index in [1.165, 1.54) is 12.1 Å². The van der Waals surface area contributed by atoms with Crippen molar-refractivity contribution in [1.29, 1.82) is 0 Å². The molecule has 0 fully saturated rings. The summed E-state index contributed by atoms with van der Waals surface area (Å²) in [5.74, 6) is 0.445. The number of rotatable bonds is 3. The van der Waals surface area contributed by atoms with Crippen molar-refractivity contribution in [3.05, 3.63) is 40.6 Å². The molecule has 6 heteroatoms. The van der Waals surface area contributed by atoms with Crippen LogP contribution in [0.3, 0.4) is 0 Å². The first kappa shape index (κ1) is 11.1. The number of hydrogen-bond donors (Lipinski definition) is 1. The minimum Gasteiger partial charge on any atom is -0.369 e. The summed E-state index contributed by atoms with van der Waals surface area (Å²) in [4.78, 5) is 14.2. The fourth-order valence-electron chi connectivity index (χ4n) is 1.71. The lowest BCUT2D eigenvalue weighted by Gasteiger charge is -2.06. The second-order valence-electron chi connectivity index (χ2n) is 3.55. The molecular weight excluding hydrogens is 220 g/mol. The molecule has 0 aliphatic rings. The number of nitro benzene ring substituents is 1. The van der Waals surface area contributed by atoms with Crippen molar-refractivity contribution >= 4 is 11.6 Å². The van der Waals surface area contributed by atoms with Crippen LogP contribution in [0.2, 0.25) is 0 Å². The standard InChI is InChI=1S/C11H12N4O2/c1-2-14-10(7-13-11(14)12)8-3-5-9(6-4-8)15(16)17/h3-7H,2H2,1H3,(H2,12,13). The van der Waals surface area contributed by atoms with Gasteiger partial charge < -0.3 is 10.3 Å². The lowest BCUT2D eigenvalue weighted by atomic mass is 10.1. The Morgan fingerprint density at radius 1 is 1.41 bits per heavy atom. The quantitative estimate of drug-likeness (QED) is 0.648. The molecule has 0 bridgehead atoms. The summed E-state index contributed by atoms with van der Waals surface area (Å²) in [6.45, 7) is 2.67. The number of nitrogens with zero attached hydrogens (tertiary/aromatic N) is 3. The van der Waals surface area contributed by atoms with Crippen molar-refractivity contribution in [3.8, 4) is 11.3 Å². The van der Waals surface area contributed by atoms with Crippen LogP contribution >= 0.6 is 0 Å². The predicted octanol–water partition coefficient (Wildman–Crippen LogP) is 2.06. The molecule has 1 heterocycles. The molecule has 0 atom stereocenters. The maximum atomic E-state index is 10.5. The summed E-state index contributed by atoms with van der Waals surface area (Å²) < 4.78 is 1.85. The first-order valence-electron chi connectivity index (χ1n) is 5.19. The molecule has 88 valence electrons. The number of aromatic nitrogens is 2. The van der Waals surface area contributed by atoms with Gasteiger partial charge in [0.15, 0.2) is 0 Å². The first-order valence-corrected chi connectivity index (χ1v) is 5.19. The largest absolute Gasteiger partial charge is 0.369 e. The van der Waals surface area contributed by atoms with Crippen LogP contribution in [0.25, 0.3) is 11.3 Å². The smallest absolute Gasteiger partial charge is 0.269 e. The zero-order valence-corrected chi connectivity index (χ0v) is 9.33. The van der Waals surface area contributed by atoms with Crippen molar-refractivity contribution in [2.75, 3.05) is 5.73 Å². The second kappa shape index (κ2) is 4.25. The van der Waals surface area contributed by atoms with E-state index in [0.717, 1.165) is 11.3 Å². The lowest BCUT2D eigenvalue weighted by Crippen LogP contribution is -2.02. The van der Waals surface area contributed by atoms with E-state index in [9.17, 15) is 10.1 Å². The van der Waals surface area contributed by atoms with Gasteiger partial charge in [0.1, 0.15) is 0 Å². The van der Waals surface area contributed by atoms with E-state index in [-0.39, 0.29) is 5.69 Å². The number of imidazole rings is 1. The molecule has 2 rings (SSSR count). The van der Waals surface area contributed by atoms with Gasteiger partial charge >= 0.3 is 0 Å². The molecule has 2 N–H and O–H groups in total. The molecule has 2 aromatic rings. The van der Waals surface area contributed by atoms with Gasteiger partial charge in [-0.05, 0) is 19.1 Å². The number of nitrogens with two attached hydrogens (primary N) is 1. The zero-order valence-electron chi connectivity index (χ0n) is 9.33. The molecule has 0 aliphatic heterocycles.